The van der Waals surface area contributed by atoms with Gasteiger partial charge in [0, 0.05) is 18.5 Å². The summed E-state index contributed by atoms with van der Waals surface area (Å²) >= 11 is 0. The molecule has 0 radical (unpaired) electrons. The summed E-state index contributed by atoms with van der Waals surface area (Å²) in [5.74, 6) is 0.0866. The molecule has 0 fully saturated rings. The summed E-state index contributed by atoms with van der Waals surface area (Å²) in [6.07, 6.45) is 0. The van der Waals surface area contributed by atoms with Gasteiger partial charge in [0.15, 0.2) is 5.69 Å². The van der Waals surface area contributed by atoms with Crippen molar-refractivity contribution in [3.63, 3.8) is 0 Å². The van der Waals surface area contributed by atoms with E-state index in [0.29, 0.717) is 12.2 Å². The third-order valence-corrected chi connectivity index (χ3v) is 3.56. The molecule has 2 atom stereocenters. The molecule has 1 aromatic carbocycles. The van der Waals surface area contributed by atoms with Crippen LogP contribution in [0.1, 0.15) is 24.3 Å². The van der Waals surface area contributed by atoms with E-state index < -0.39 is 0 Å². The highest BCUT2D eigenvalue weighted by Crippen LogP contribution is 2.17. The van der Waals surface area contributed by atoms with E-state index in [1.54, 1.807) is 4.68 Å². The van der Waals surface area contributed by atoms with Crippen LogP contribution in [0, 0.1) is 5.92 Å². The Hall–Kier alpha value is -1.88. The van der Waals surface area contributed by atoms with Crippen LogP contribution in [0.5, 0.6) is 0 Å². The molecular formula is C14H20N4O. The molecule has 0 saturated carbocycles. The van der Waals surface area contributed by atoms with Gasteiger partial charge in [0.1, 0.15) is 0 Å². The van der Waals surface area contributed by atoms with Gasteiger partial charge in [-0.05, 0) is 25.5 Å². The van der Waals surface area contributed by atoms with Gasteiger partial charge in [0.25, 0.3) is 5.91 Å². The van der Waals surface area contributed by atoms with Crippen LogP contribution >= 0.6 is 0 Å². The van der Waals surface area contributed by atoms with Gasteiger partial charge >= 0.3 is 0 Å². The Balaban J connectivity index is 2.27. The zero-order valence-corrected chi connectivity index (χ0v) is 11.6. The van der Waals surface area contributed by atoms with Gasteiger partial charge in [0.05, 0.1) is 5.52 Å². The van der Waals surface area contributed by atoms with E-state index in [2.05, 4.69) is 10.4 Å². The van der Waals surface area contributed by atoms with E-state index in [-0.39, 0.29) is 17.9 Å². The largest absolute Gasteiger partial charge is 0.348 e. The normalized spacial score (nSPS) is 14.3. The standard InChI is InChI=1S/C14H20N4O/c1-9(8-15)10(2)16-14(19)13-11-6-4-5-7-12(11)18(3)17-13/h4-7,9-10H,8,15H2,1-3H3,(H,16,19). The number of aromatic nitrogens is 2. The molecule has 1 amide bonds. The number of carbonyl (C=O) groups is 1. The highest BCUT2D eigenvalue weighted by Gasteiger charge is 2.19. The summed E-state index contributed by atoms with van der Waals surface area (Å²) in [7, 11) is 1.84. The van der Waals surface area contributed by atoms with Gasteiger partial charge in [-0.3, -0.25) is 9.48 Å². The van der Waals surface area contributed by atoms with Crippen LogP contribution in [0.2, 0.25) is 0 Å². The Bertz CT molecular complexity index is 590. The minimum atomic E-state index is -0.149. The lowest BCUT2D eigenvalue weighted by Gasteiger charge is -2.19. The van der Waals surface area contributed by atoms with E-state index in [9.17, 15) is 4.79 Å². The number of hydrogen-bond donors (Lipinski definition) is 2. The number of benzene rings is 1. The third-order valence-electron chi connectivity index (χ3n) is 3.56. The summed E-state index contributed by atoms with van der Waals surface area (Å²) in [5.41, 5.74) is 7.03. The Morgan fingerprint density at radius 2 is 2.11 bits per heavy atom. The van der Waals surface area contributed by atoms with E-state index in [1.165, 1.54) is 0 Å². The zero-order chi connectivity index (χ0) is 14.0. The quantitative estimate of drug-likeness (QED) is 0.870. The first-order chi connectivity index (χ1) is 9.04. The SMILES string of the molecule is CC(CN)C(C)NC(=O)c1nn(C)c2ccccc12. The molecule has 2 unspecified atom stereocenters. The number of nitrogens with zero attached hydrogens (tertiary/aromatic N) is 2. The Morgan fingerprint density at radius 1 is 1.42 bits per heavy atom. The fourth-order valence-electron chi connectivity index (χ4n) is 2.00. The van der Waals surface area contributed by atoms with Crippen LogP contribution in [0.15, 0.2) is 24.3 Å². The maximum Gasteiger partial charge on any atom is 0.272 e. The molecule has 2 rings (SSSR count). The van der Waals surface area contributed by atoms with Crippen LogP contribution in [0.4, 0.5) is 0 Å². The number of carbonyl (C=O) groups excluding carboxylic acids is 1. The molecule has 0 spiro atoms. The summed E-state index contributed by atoms with van der Waals surface area (Å²) in [4.78, 5) is 12.3. The molecule has 102 valence electrons. The number of amides is 1. The number of nitrogens with two attached hydrogens (primary N) is 1. The highest BCUT2D eigenvalue weighted by molar-refractivity contribution is 6.04. The number of aryl methyl sites for hydroxylation is 1. The second-order valence-corrected chi connectivity index (χ2v) is 4.96. The number of rotatable bonds is 4. The number of hydrogen-bond acceptors (Lipinski definition) is 3. The average Bonchev–Trinajstić information content (AvgIpc) is 2.76. The lowest BCUT2D eigenvalue weighted by atomic mass is 10.0. The monoisotopic (exact) mass is 260 g/mol. The maximum absolute atomic E-state index is 12.3. The summed E-state index contributed by atoms with van der Waals surface area (Å²) in [5, 5.41) is 8.13. The lowest BCUT2D eigenvalue weighted by Crippen LogP contribution is -2.40. The maximum atomic E-state index is 12.3. The summed E-state index contributed by atoms with van der Waals surface area (Å²) in [6, 6.07) is 7.73. The average molecular weight is 260 g/mol. The van der Waals surface area contributed by atoms with Gasteiger partial charge < -0.3 is 11.1 Å². The Kier molecular flexibility index (Phi) is 3.85. The van der Waals surface area contributed by atoms with Crippen molar-refractivity contribution in [2.45, 2.75) is 19.9 Å². The molecule has 0 aliphatic heterocycles. The summed E-state index contributed by atoms with van der Waals surface area (Å²) < 4.78 is 1.72. The number of para-hydroxylation sites is 1. The van der Waals surface area contributed by atoms with Gasteiger partial charge in [-0.25, -0.2) is 0 Å². The minimum Gasteiger partial charge on any atom is -0.348 e. The molecule has 3 N–H and O–H groups in total. The van der Waals surface area contributed by atoms with Crippen LogP contribution in [0.3, 0.4) is 0 Å². The smallest absolute Gasteiger partial charge is 0.272 e. The van der Waals surface area contributed by atoms with E-state index in [0.717, 1.165) is 10.9 Å². The van der Waals surface area contributed by atoms with E-state index in [1.807, 2.05) is 45.2 Å². The predicted molar refractivity (Wildman–Crippen MR) is 75.9 cm³/mol. The van der Waals surface area contributed by atoms with Gasteiger partial charge in [-0.1, -0.05) is 25.1 Å². The Labute approximate surface area is 112 Å². The zero-order valence-electron chi connectivity index (χ0n) is 11.6. The number of nitrogens with one attached hydrogen (secondary N) is 1. The first kappa shape index (κ1) is 13.5. The second kappa shape index (κ2) is 5.40. The second-order valence-electron chi connectivity index (χ2n) is 4.96. The van der Waals surface area contributed by atoms with Gasteiger partial charge in [-0.2, -0.15) is 5.10 Å². The van der Waals surface area contributed by atoms with E-state index >= 15 is 0 Å². The molecule has 0 aliphatic rings. The molecule has 1 aromatic heterocycles. The molecule has 0 bridgehead atoms. The van der Waals surface area contributed by atoms with Crippen LogP contribution < -0.4 is 11.1 Å². The summed E-state index contributed by atoms with van der Waals surface area (Å²) in [6.45, 7) is 4.52. The van der Waals surface area contributed by atoms with Crippen LogP contribution in [-0.4, -0.2) is 28.3 Å². The fraction of sp³-hybridized carbons (Fsp3) is 0.429. The van der Waals surface area contributed by atoms with Crippen molar-refractivity contribution < 1.29 is 4.79 Å². The van der Waals surface area contributed by atoms with Crippen molar-refractivity contribution >= 4 is 16.8 Å². The highest BCUT2D eigenvalue weighted by atomic mass is 16.2. The van der Waals surface area contributed by atoms with Crippen molar-refractivity contribution in [3.8, 4) is 0 Å². The van der Waals surface area contributed by atoms with Gasteiger partial charge in [0.2, 0.25) is 0 Å². The molecule has 0 aliphatic carbocycles. The number of fused-ring (bicyclic) bond motifs is 1. The molecule has 2 aromatic rings. The van der Waals surface area contributed by atoms with Crippen molar-refractivity contribution in [2.75, 3.05) is 6.54 Å². The van der Waals surface area contributed by atoms with Crippen molar-refractivity contribution in [1.29, 1.82) is 0 Å². The first-order valence-electron chi connectivity index (χ1n) is 6.47. The molecule has 5 nitrogen and oxygen atoms in total. The van der Waals surface area contributed by atoms with Crippen molar-refractivity contribution in [1.82, 2.24) is 15.1 Å². The molecule has 1 heterocycles. The molecule has 5 heteroatoms. The van der Waals surface area contributed by atoms with E-state index in [4.69, 9.17) is 5.73 Å². The third kappa shape index (κ3) is 2.61. The first-order valence-corrected chi connectivity index (χ1v) is 6.47. The minimum absolute atomic E-state index is 0.0262. The van der Waals surface area contributed by atoms with Crippen LogP contribution in [-0.2, 0) is 7.05 Å². The van der Waals surface area contributed by atoms with Crippen molar-refractivity contribution in [2.24, 2.45) is 18.7 Å². The molecule has 19 heavy (non-hydrogen) atoms. The molecular weight excluding hydrogens is 240 g/mol. The Morgan fingerprint density at radius 3 is 2.79 bits per heavy atom. The van der Waals surface area contributed by atoms with Crippen molar-refractivity contribution in [3.05, 3.63) is 30.0 Å². The van der Waals surface area contributed by atoms with Crippen LogP contribution in [0.25, 0.3) is 10.9 Å². The fourth-order valence-corrected chi connectivity index (χ4v) is 2.00. The topological polar surface area (TPSA) is 72.9 Å². The predicted octanol–water partition coefficient (Wildman–Crippen LogP) is 1.29. The lowest BCUT2D eigenvalue weighted by molar-refractivity contribution is 0.0925. The molecule has 0 saturated heterocycles. The van der Waals surface area contributed by atoms with Gasteiger partial charge in [-0.15, -0.1) is 0 Å².